The normalized spacial score (nSPS) is 11.1. The van der Waals surface area contributed by atoms with Crippen LogP contribution >= 0.6 is 0 Å². The maximum Gasteiger partial charge on any atom is 0.0955 e. The van der Waals surface area contributed by atoms with Crippen LogP contribution < -0.4 is 5.73 Å². The largest absolute Gasteiger partial charge is 0.333 e. The van der Waals surface area contributed by atoms with Crippen molar-refractivity contribution < 1.29 is 0 Å². The summed E-state index contributed by atoms with van der Waals surface area (Å²) < 4.78 is 2.04. The van der Waals surface area contributed by atoms with Gasteiger partial charge in [0.2, 0.25) is 0 Å². The molecule has 2 rings (SSSR count). The molecule has 1 aromatic carbocycles. The van der Waals surface area contributed by atoms with Crippen LogP contribution in [-0.4, -0.2) is 9.55 Å². The van der Waals surface area contributed by atoms with E-state index in [0.29, 0.717) is 6.54 Å². The minimum absolute atomic E-state index is 0.583. The molecule has 0 aliphatic heterocycles. The van der Waals surface area contributed by atoms with Crippen LogP contribution in [-0.2, 0) is 20.0 Å². The Morgan fingerprint density at radius 2 is 2.21 bits per heavy atom. The second-order valence-corrected chi connectivity index (χ2v) is 3.48. The summed E-state index contributed by atoms with van der Waals surface area (Å²) in [6.07, 6.45) is 2.86. The minimum atomic E-state index is 0.583. The van der Waals surface area contributed by atoms with Gasteiger partial charge in [-0.15, -0.1) is 0 Å². The van der Waals surface area contributed by atoms with Crippen molar-refractivity contribution in [2.75, 3.05) is 0 Å². The van der Waals surface area contributed by atoms with E-state index >= 15 is 0 Å². The van der Waals surface area contributed by atoms with Crippen molar-refractivity contribution in [3.63, 3.8) is 0 Å². The number of nitrogens with zero attached hydrogens (tertiary/aromatic N) is 2. The fraction of sp³-hybridized carbons (Fsp3) is 0.364. The maximum absolute atomic E-state index is 5.78. The standard InChI is InChI=1S/C11H15N3/c1-3-8-4-5-10-11(9(8)6-12)14(2)7-13-10/h4-5,7H,3,6,12H2,1-2H3. The topological polar surface area (TPSA) is 43.8 Å². The van der Waals surface area contributed by atoms with Crippen LogP contribution in [0.1, 0.15) is 18.1 Å². The molecule has 0 radical (unpaired) electrons. The Morgan fingerprint density at radius 3 is 2.86 bits per heavy atom. The molecule has 74 valence electrons. The molecule has 2 N–H and O–H groups in total. The first kappa shape index (κ1) is 9.21. The van der Waals surface area contributed by atoms with Gasteiger partial charge < -0.3 is 10.3 Å². The molecule has 3 nitrogen and oxygen atoms in total. The number of fused-ring (bicyclic) bond motifs is 1. The third-order valence-electron chi connectivity index (χ3n) is 2.67. The van der Waals surface area contributed by atoms with E-state index in [1.54, 1.807) is 0 Å². The molecule has 0 fully saturated rings. The molecule has 0 aliphatic rings. The minimum Gasteiger partial charge on any atom is -0.333 e. The zero-order valence-corrected chi connectivity index (χ0v) is 8.62. The number of rotatable bonds is 2. The van der Waals surface area contributed by atoms with Gasteiger partial charge in [-0.05, 0) is 23.6 Å². The van der Waals surface area contributed by atoms with Gasteiger partial charge >= 0.3 is 0 Å². The highest BCUT2D eigenvalue weighted by Gasteiger charge is 2.08. The first-order valence-electron chi connectivity index (χ1n) is 4.89. The summed E-state index contributed by atoms with van der Waals surface area (Å²) in [6.45, 7) is 2.73. The molecule has 1 heterocycles. The number of hydrogen-bond donors (Lipinski definition) is 1. The van der Waals surface area contributed by atoms with E-state index in [1.165, 1.54) is 16.6 Å². The summed E-state index contributed by atoms with van der Waals surface area (Å²) in [5.41, 5.74) is 10.5. The summed E-state index contributed by atoms with van der Waals surface area (Å²) in [4.78, 5) is 4.31. The molecule has 0 aliphatic carbocycles. The first-order valence-corrected chi connectivity index (χ1v) is 4.89. The summed E-state index contributed by atoms with van der Waals surface area (Å²) >= 11 is 0. The van der Waals surface area contributed by atoms with Crippen molar-refractivity contribution >= 4 is 11.0 Å². The van der Waals surface area contributed by atoms with E-state index in [-0.39, 0.29) is 0 Å². The molecule has 0 saturated carbocycles. The zero-order chi connectivity index (χ0) is 10.1. The van der Waals surface area contributed by atoms with Gasteiger partial charge in [-0.1, -0.05) is 13.0 Å². The Bertz CT molecular complexity index is 457. The molecule has 0 amide bonds. The SMILES string of the molecule is CCc1ccc2ncn(C)c2c1CN. The van der Waals surface area contributed by atoms with E-state index in [9.17, 15) is 0 Å². The highest BCUT2D eigenvalue weighted by molar-refractivity contribution is 5.80. The molecule has 1 aromatic heterocycles. The Kier molecular flexibility index (Phi) is 2.25. The van der Waals surface area contributed by atoms with Gasteiger partial charge in [0, 0.05) is 13.6 Å². The Morgan fingerprint density at radius 1 is 1.43 bits per heavy atom. The predicted molar refractivity (Wildman–Crippen MR) is 58.0 cm³/mol. The van der Waals surface area contributed by atoms with Crippen molar-refractivity contribution in [2.45, 2.75) is 19.9 Å². The Hall–Kier alpha value is -1.35. The van der Waals surface area contributed by atoms with Crippen molar-refractivity contribution in [3.05, 3.63) is 29.6 Å². The zero-order valence-electron chi connectivity index (χ0n) is 8.62. The van der Waals surface area contributed by atoms with Crippen molar-refractivity contribution in [1.82, 2.24) is 9.55 Å². The number of imidazole rings is 1. The Balaban J connectivity index is 2.81. The summed E-state index contributed by atoms with van der Waals surface area (Å²) in [5.74, 6) is 0. The van der Waals surface area contributed by atoms with Gasteiger partial charge in [0.05, 0.1) is 17.4 Å². The lowest BCUT2D eigenvalue weighted by molar-refractivity contribution is 0.924. The molecule has 0 unspecified atom stereocenters. The van der Waals surface area contributed by atoms with E-state index in [0.717, 1.165) is 11.9 Å². The second-order valence-electron chi connectivity index (χ2n) is 3.48. The molecular weight excluding hydrogens is 174 g/mol. The quantitative estimate of drug-likeness (QED) is 0.779. The monoisotopic (exact) mass is 189 g/mol. The van der Waals surface area contributed by atoms with Crippen LogP contribution in [0, 0.1) is 0 Å². The van der Waals surface area contributed by atoms with Crippen LogP contribution in [0.15, 0.2) is 18.5 Å². The molecule has 0 saturated heterocycles. The van der Waals surface area contributed by atoms with Gasteiger partial charge in [-0.2, -0.15) is 0 Å². The number of aryl methyl sites for hydroxylation is 2. The van der Waals surface area contributed by atoms with Crippen LogP contribution in [0.2, 0.25) is 0 Å². The lowest BCUT2D eigenvalue weighted by Crippen LogP contribution is -2.04. The maximum atomic E-state index is 5.78. The van der Waals surface area contributed by atoms with Gasteiger partial charge in [-0.3, -0.25) is 0 Å². The van der Waals surface area contributed by atoms with Crippen LogP contribution in [0.25, 0.3) is 11.0 Å². The molecule has 0 bridgehead atoms. The van der Waals surface area contributed by atoms with Gasteiger partial charge in [0.15, 0.2) is 0 Å². The van der Waals surface area contributed by atoms with Crippen molar-refractivity contribution in [2.24, 2.45) is 12.8 Å². The van der Waals surface area contributed by atoms with E-state index in [2.05, 4.69) is 24.0 Å². The number of aromatic nitrogens is 2. The highest BCUT2D eigenvalue weighted by atomic mass is 15.0. The van der Waals surface area contributed by atoms with Crippen LogP contribution in [0.4, 0.5) is 0 Å². The number of hydrogen-bond acceptors (Lipinski definition) is 2. The summed E-state index contributed by atoms with van der Waals surface area (Å²) in [5, 5.41) is 0. The first-order chi connectivity index (χ1) is 6.77. The average molecular weight is 189 g/mol. The molecule has 14 heavy (non-hydrogen) atoms. The summed E-state index contributed by atoms with van der Waals surface area (Å²) in [7, 11) is 2.01. The molecular formula is C11H15N3. The number of benzene rings is 1. The van der Waals surface area contributed by atoms with Crippen molar-refractivity contribution in [3.8, 4) is 0 Å². The van der Waals surface area contributed by atoms with Gasteiger partial charge in [-0.25, -0.2) is 4.98 Å². The number of nitrogens with two attached hydrogens (primary N) is 1. The van der Waals surface area contributed by atoms with E-state index in [1.807, 2.05) is 17.9 Å². The van der Waals surface area contributed by atoms with E-state index in [4.69, 9.17) is 5.73 Å². The molecule has 2 aromatic rings. The van der Waals surface area contributed by atoms with Gasteiger partial charge in [0.25, 0.3) is 0 Å². The highest BCUT2D eigenvalue weighted by Crippen LogP contribution is 2.21. The predicted octanol–water partition coefficient (Wildman–Crippen LogP) is 1.59. The lowest BCUT2D eigenvalue weighted by atomic mass is 10.0. The Labute approximate surface area is 83.6 Å². The second kappa shape index (κ2) is 3.42. The molecule has 0 spiro atoms. The van der Waals surface area contributed by atoms with Crippen molar-refractivity contribution in [1.29, 1.82) is 0 Å². The third kappa shape index (κ3) is 1.21. The van der Waals surface area contributed by atoms with E-state index < -0.39 is 0 Å². The molecule has 3 heteroatoms. The third-order valence-corrected chi connectivity index (χ3v) is 2.67. The lowest BCUT2D eigenvalue weighted by Gasteiger charge is -2.08. The fourth-order valence-electron chi connectivity index (χ4n) is 1.93. The molecule has 0 atom stereocenters. The van der Waals surface area contributed by atoms with Crippen LogP contribution in [0.5, 0.6) is 0 Å². The average Bonchev–Trinajstić information content (AvgIpc) is 2.59. The fourth-order valence-corrected chi connectivity index (χ4v) is 1.93. The summed E-state index contributed by atoms with van der Waals surface area (Å²) in [6, 6.07) is 4.19. The van der Waals surface area contributed by atoms with Gasteiger partial charge in [0.1, 0.15) is 0 Å². The smallest absolute Gasteiger partial charge is 0.0955 e. The van der Waals surface area contributed by atoms with Crippen LogP contribution in [0.3, 0.4) is 0 Å².